The molecule has 1 heterocycles. The summed E-state index contributed by atoms with van der Waals surface area (Å²) < 4.78 is 6.29. The van der Waals surface area contributed by atoms with Crippen LogP contribution in [0.3, 0.4) is 0 Å². The van der Waals surface area contributed by atoms with Gasteiger partial charge in [-0.2, -0.15) is 0 Å². The fourth-order valence-corrected chi connectivity index (χ4v) is 5.08. The summed E-state index contributed by atoms with van der Waals surface area (Å²) in [6.45, 7) is 2.61. The number of fused-ring (bicyclic) bond motifs is 3. The number of hydrogen-bond donors (Lipinski definition) is 1. The molecule has 0 spiro atoms. The molecule has 1 aliphatic heterocycles. The summed E-state index contributed by atoms with van der Waals surface area (Å²) in [7, 11) is 0. The average Bonchev–Trinajstić information content (AvgIpc) is 3.32. The molecule has 2 aromatic rings. The molecule has 2 aromatic carbocycles. The molecule has 2 fully saturated rings. The van der Waals surface area contributed by atoms with Crippen molar-refractivity contribution >= 4 is 16.7 Å². The number of carboxylic acid groups (broad SMARTS) is 1. The lowest BCUT2D eigenvalue weighted by Crippen LogP contribution is -2.35. The highest BCUT2D eigenvalue weighted by atomic mass is 16.5. The second kappa shape index (κ2) is 7.25. The van der Waals surface area contributed by atoms with Gasteiger partial charge in [0.1, 0.15) is 11.9 Å². The summed E-state index contributed by atoms with van der Waals surface area (Å²) in [6, 6.07) is 13.0. The fourth-order valence-electron chi connectivity index (χ4n) is 5.08. The van der Waals surface area contributed by atoms with Crippen molar-refractivity contribution in [2.24, 2.45) is 17.8 Å². The first-order chi connectivity index (χ1) is 13.6. The first-order valence-electron chi connectivity index (χ1n) is 10.5. The number of ether oxygens (including phenoxy) is 1. The minimum Gasteiger partial charge on any atom is -0.490 e. The van der Waals surface area contributed by atoms with Gasteiger partial charge >= 0.3 is 5.97 Å². The Balaban J connectivity index is 1.24. The monoisotopic (exact) mass is 377 g/mol. The van der Waals surface area contributed by atoms with E-state index in [0.717, 1.165) is 50.6 Å². The van der Waals surface area contributed by atoms with Gasteiger partial charge in [-0.15, -0.1) is 0 Å². The van der Waals surface area contributed by atoms with Gasteiger partial charge in [-0.3, -0.25) is 9.69 Å². The van der Waals surface area contributed by atoms with Crippen molar-refractivity contribution in [3.63, 3.8) is 0 Å². The van der Waals surface area contributed by atoms with Gasteiger partial charge in [-0.25, -0.2) is 0 Å². The van der Waals surface area contributed by atoms with Crippen LogP contribution in [0.4, 0.5) is 0 Å². The Labute approximate surface area is 165 Å². The highest BCUT2D eigenvalue weighted by Crippen LogP contribution is 2.41. The van der Waals surface area contributed by atoms with Gasteiger partial charge in [-0.05, 0) is 79.2 Å². The molecule has 5 rings (SSSR count). The number of nitrogens with zero attached hydrogens (tertiary/aromatic N) is 1. The Bertz CT molecular complexity index is 913. The molecule has 2 aliphatic carbocycles. The lowest BCUT2D eigenvalue weighted by Gasteiger charge is -2.30. The van der Waals surface area contributed by atoms with Crippen molar-refractivity contribution in [2.45, 2.75) is 38.3 Å². The van der Waals surface area contributed by atoms with Crippen molar-refractivity contribution in [1.29, 1.82) is 0 Å². The number of hydrogen-bond acceptors (Lipinski definition) is 3. The van der Waals surface area contributed by atoms with Crippen LogP contribution < -0.4 is 4.74 Å². The molecule has 1 saturated heterocycles. The Hall–Kier alpha value is -2.33. The zero-order valence-electron chi connectivity index (χ0n) is 16.1. The standard InChI is InChI=1S/C24H27NO3/c26-24(27)18-7-9-25(10-8-18)15-17-2-3-20-14-22(6-5-19(20)12-17)28-23-13-16-1-4-21(23)11-16/h1-6,12,14,16,18,21,23H,7-11,13,15H2,(H,26,27). The van der Waals surface area contributed by atoms with Crippen molar-refractivity contribution in [2.75, 3.05) is 13.1 Å². The van der Waals surface area contributed by atoms with Gasteiger partial charge in [0.05, 0.1) is 5.92 Å². The molecule has 0 aromatic heterocycles. The number of aliphatic carboxylic acids is 1. The molecular formula is C24H27NO3. The van der Waals surface area contributed by atoms with Crippen LogP contribution >= 0.6 is 0 Å². The summed E-state index contributed by atoms with van der Waals surface area (Å²) in [5, 5.41) is 11.6. The Morgan fingerprint density at radius 3 is 2.54 bits per heavy atom. The van der Waals surface area contributed by atoms with Crippen molar-refractivity contribution in [3.05, 3.63) is 54.1 Å². The van der Waals surface area contributed by atoms with E-state index < -0.39 is 5.97 Å². The van der Waals surface area contributed by atoms with Crippen LogP contribution in [0, 0.1) is 17.8 Å². The molecule has 3 aliphatic rings. The molecular weight excluding hydrogens is 350 g/mol. The summed E-state index contributed by atoms with van der Waals surface area (Å²) in [4.78, 5) is 13.5. The minimum absolute atomic E-state index is 0.170. The third kappa shape index (κ3) is 3.53. The molecule has 0 amide bonds. The summed E-state index contributed by atoms with van der Waals surface area (Å²) in [5.41, 5.74) is 1.29. The van der Waals surface area contributed by atoms with Crippen LogP contribution in [0.25, 0.3) is 10.8 Å². The second-order valence-corrected chi connectivity index (χ2v) is 8.67. The Kier molecular flexibility index (Phi) is 4.59. The number of likely N-dealkylation sites (tertiary alicyclic amines) is 1. The van der Waals surface area contributed by atoms with Gasteiger partial charge in [-0.1, -0.05) is 30.4 Å². The SMILES string of the molecule is O=C(O)C1CCN(Cc2ccc3cc(OC4CC5C=CC4C5)ccc3c2)CC1. The van der Waals surface area contributed by atoms with E-state index in [-0.39, 0.29) is 5.92 Å². The first kappa shape index (κ1) is 17.7. The predicted octanol–water partition coefficient (Wildman–Crippen LogP) is 4.48. The van der Waals surface area contributed by atoms with Crippen LogP contribution in [-0.2, 0) is 11.3 Å². The molecule has 1 saturated carbocycles. The number of benzene rings is 2. The smallest absolute Gasteiger partial charge is 0.306 e. The van der Waals surface area contributed by atoms with Crippen LogP contribution in [0.1, 0.15) is 31.2 Å². The lowest BCUT2D eigenvalue weighted by molar-refractivity contribution is -0.143. The fraction of sp³-hybridized carbons (Fsp3) is 0.458. The molecule has 1 N–H and O–H groups in total. The van der Waals surface area contributed by atoms with Gasteiger partial charge in [0.2, 0.25) is 0 Å². The predicted molar refractivity (Wildman–Crippen MR) is 109 cm³/mol. The molecule has 3 unspecified atom stereocenters. The van der Waals surface area contributed by atoms with Crippen LogP contribution in [-0.4, -0.2) is 35.2 Å². The summed E-state index contributed by atoms with van der Waals surface area (Å²) >= 11 is 0. The van der Waals surface area contributed by atoms with Crippen molar-refractivity contribution in [3.8, 4) is 5.75 Å². The molecule has 0 radical (unpaired) electrons. The second-order valence-electron chi connectivity index (χ2n) is 8.67. The first-order valence-corrected chi connectivity index (χ1v) is 10.5. The van der Waals surface area contributed by atoms with E-state index >= 15 is 0 Å². The number of piperidine rings is 1. The third-order valence-electron chi connectivity index (χ3n) is 6.72. The minimum atomic E-state index is -0.648. The molecule has 28 heavy (non-hydrogen) atoms. The van der Waals surface area contributed by atoms with Gasteiger partial charge in [0, 0.05) is 12.5 Å². The summed E-state index contributed by atoms with van der Waals surface area (Å²) in [5.74, 6) is 1.47. The largest absolute Gasteiger partial charge is 0.490 e. The molecule has 4 heteroatoms. The molecule has 146 valence electrons. The number of carbonyl (C=O) groups is 1. The number of allylic oxidation sites excluding steroid dienone is 1. The number of rotatable bonds is 5. The van der Waals surface area contributed by atoms with Gasteiger partial charge < -0.3 is 9.84 Å². The highest BCUT2D eigenvalue weighted by molar-refractivity contribution is 5.84. The van der Waals surface area contributed by atoms with E-state index in [1.165, 1.54) is 22.8 Å². The molecule has 2 bridgehead atoms. The topological polar surface area (TPSA) is 49.8 Å². The van der Waals surface area contributed by atoms with E-state index in [2.05, 4.69) is 53.5 Å². The third-order valence-corrected chi connectivity index (χ3v) is 6.72. The maximum atomic E-state index is 11.1. The normalized spacial score (nSPS) is 27.5. The van der Waals surface area contributed by atoms with Crippen molar-refractivity contribution < 1.29 is 14.6 Å². The van der Waals surface area contributed by atoms with Gasteiger partial charge in [0.25, 0.3) is 0 Å². The van der Waals surface area contributed by atoms with E-state index in [1.54, 1.807) is 0 Å². The maximum Gasteiger partial charge on any atom is 0.306 e. The van der Waals surface area contributed by atoms with Crippen LogP contribution in [0.5, 0.6) is 5.75 Å². The van der Waals surface area contributed by atoms with Crippen LogP contribution in [0.2, 0.25) is 0 Å². The molecule has 4 nitrogen and oxygen atoms in total. The Morgan fingerprint density at radius 1 is 1.04 bits per heavy atom. The van der Waals surface area contributed by atoms with Crippen LogP contribution in [0.15, 0.2) is 48.6 Å². The molecule has 3 atom stereocenters. The zero-order valence-corrected chi connectivity index (χ0v) is 16.1. The van der Waals surface area contributed by atoms with E-state index in [0.29, 0.717) is 12.0 Å². The lowest BCUT2D eigenvalue weighted by atomic mass is 9.96. The van der Waals surface area contributed by atoms with E-state index in [9.17, 15) is 4.79 Å². The van der Waals surface area contributed by atoms with E-state index in [4.69, 9.17) is 9.84 Å². The summed E-state index contributed by atoms with van der Waals surface area (Å²) in [6.07, 6.45) is 8.91. The van der Waals surface area contributed by atoms with Gasteiger partial charge in [0.15, 0.2) is 0 Å². The Morgan fingerprint density at radius 2 is 1.82 bits per heavy atom. The maximum absolute atomic E-state index is 11.1. The van der Waals surface area contributed by atoms with Crippen molar-refractivity contribution in [1.82, 2.24) is 4.90 Å². The quantitative estimate of drug-likeness (QED) is 0.781. The van der Waals surface area contributed by atoms with E-state index in [1.807, 2.05) is 0 Å². The highest BCUT2D eigenvalue weighted by Gasteiger charge is 2.37. The average molecular weight is 377 g/mol. The number of carboxylic acids is 1. The zero-order chi connectivity index (χ0) is 19.1.